The summed E-state index contributed by atoms with van der Waals surface area (Å²) in [6, 6.07) is 17.5. The van der Waals surface area contributed by atoms with Gasteiger partial charge in [-0.1, -0.05) is 85.0 Å². The fourth-order valence-corrected chi connectivity index (χ4v) is 3.81. The maximum absolute atomic E-state index is 14.6. The van der Waals surface area contributed by atoms with E-state index in [1.165, 1.54) is 0 Å². The van der Waals surface area contributed by atoms with E-state index in [-0.39, 0.29) is 38.9 Å². The van der Waals surface area contributed by atoms with Crippen molar-refractivity contribution in [3.63, 3.8) is 0 Å². The minimum absolute atomic E-state index is 0.0769. The van der Waals surface area contributed by atoms with Gasteiger partial charge in [-0.3, -0.25) is 9.59 Å². The van der Waals surface area contributed by atoms with Gasteiger partial charge in [0.1, 0.15) is 12.2 Å². The fourth-order valence-electron chi connectivity index (χ4n) is 3.81. The Hall–Kier alpha value is -3.36. The van der Waals surface area contributed by atoms with E-state index < -0.39 is 35.6 Å². The van der Waals surface area contributed by atoms with Crippen molar-refractivity contribution >= 4 is 11.6 Å². The van der Waals surface area contributed by atoms with Crippen LogP contribution in [0.1, 0.15) is 49.7 Å². The fraction of sp³-hybridized carbons (Fsp3) is 0.375. The van der Waals surface area contributed by atoms with Crippen molar-refractivity contribution in [2.24, 2.45) is 0 Å². The first-order valence-corrected chi connectivity index (χ1v) is 13.2. The molecule has 0 aliphatic heterocycles. The van der Waals surface area contributed by atoms with Gasteiger partial charge >= 0.3 is 11.8 Å². The van der Waals surface area contributed by atoms with E-state index in [4.69, 9.17) is 9.47 Å². The number of unbranched alkanes of at least 4 members (excludes halogenated alkanes) is 2. The highest BCUT2D eigenvalue weighted by Crippen LogP contribution is 2.28. The smallest absolute Gasteiger partial charge is 0.334 e. The van der Waals surface area contributed by atoms with Crippen molar-refractivity contribution in [2.45, 2.75) is 75.8 Å². The number of rotatable bonds is 20. The van der Waals surface area contributed by atoms with Crippen LogP contribution in [0.3, 0.4) is 0 Å². The van der Waals surface area contributed by atoms with Crippen LogP contribution in [0.5, 0.6) is 0 Å². The summed E-state index contributed by atoms with van der Waals surface area (Å²) in [4.78, 5) is 24.3. The number of carbonyl (C=O) groups is 2. The Kier molecular flexibility index (Phi) is 13.7. The molecule has 0 spiro atoms. The number of allylic oxidation sites excluding steroid dienone is 2. The van der Waals surface area contributed by atoms with Crippen LogP contribution in [0, 0.1) is 0 Å². The minimum Gasteiger partial charge on any atom is -0.363 e. The zero-order valence-corrected chi connectivity index (χ0v) is 22.5. The van der Waals surface area contributed by atoms with Gasteiger partial charge in [-0.15, -0.1) is 13.2 Å². The molecule has 40 heavy (non-hydrogen) atoms. The molecule has 0 saturated carbocycles. The Morgan fingerprint density at radius 2 is 1.02 bits per heavy atom. The molecule has 0 aliphatic rings. The molecule has 8 heteroatoms. The van der Waals surface area contributed by atoms with Crippen LogP contribution in [-0.2, 0) is 32.3 Å². The van der Waals surface area contributed by atoms with Gasteiger partial charge in [-0.2, -0.15) is 17.6 Å². The number of alkyl halides is 4. The number of Topliss-reactive ketones (excluding diaryl/α,β-unsaturated/α-hetero) is 2. The largest absolute Gasteiger partial charge is 0.363 e. The molecule has 2 unspecified atom stereocenters. The summed E-state index contributed by atoms with van der Waals surface area (Å²) < 4.78 is 68.8. The van der Waals surface area contributed by atoms with E-state index in [0.717, 1.165) is 12.2 Å². The molecule has 0 fully saturated rings. The molecule has 0 amide bonds. The number of ketones is 2. The molecule has 4 nitrogen and oxygen atoms in total. The third-order valence-corrected chi connectivity index (χ3v) is 6.15. The Morgan fingerprint density at radius 3 is 1.35 bits per heavy atom. The molecule has 0 bridgehead atoms. The summed E-state index contributed by atoms with van der Waals surface area (Å²) in [6.45, 7) is 6.59. The average Bonchev–Trinajstić information content (AvgIpc) is 2.95. The lowest BCUT2D eigenvalue weighted by Gasteiger charge is -2.23. The van der Waals surface area contributed by atoms with Crippen LogP contribution in [0.25, 0.3) is 0 Å². The third-order valence-electron chi connectivity index (χ3n) is 6.15. The molecule has 0 aromatic heterocycles. The van der Waals surface area contributed by atoms with Gasteiger partial charge in [0.2, 0.25) is 11.6 Å². The number of ether oxygens (including phenoxy) is 2. The SMILES string of the molecule is C=CC(OCc1ccccc1)C(F)(F)C(=O)CCC/C=C/CCCC(=O)C(F)(F)C(C=C)OCc1ccccc1. The van der Waals surface area contributed by atoms with Gasteiger partial charge in [0.25, 0.3) is 0 Å². The van der Waals surface area contributed by atoms with E-state index in [0.29, 0.717) is 24.0 Å². The lowest BCUT2D eigenvalue weighted by Crippen LogP contribution is -2.41. The van der Waals surface area contributed by atoms with Crippen molar-refractivity contribution in [1.82, 2.24) is 0 Å². The Morgan fingerprint density at radius 1 is 0.675 bits per heavy atom. The first-order valence-electron chi connectivity index (χ1n) is 13.2. The zero-order chi connectivity index (χ0) is 29.4. The lowest BCUT2D eigenvalue weighted by molar-refractivity contribution is -0.163. The molecule has 2 aromatic rings. The molecular weight excluding hydrogens is 524 g/mol. The van der Waals surface area contributed by atoms with E-state index >= 15 is 0 Å². The summed E-state index contributed by atoms with van der Waals surface area (Å²) in [6.07, 6.45) is 2.10. The topological polar surface area (TPSA) is 52.6 Å². The molecule has 216 valence electrons. The summed E-state index contributed by atoms with van der Waals surface area (Å²) in [5.74, 6) is -9.89. The Bertz CT molecular complexity index is 1010. The molecule has 0 N–H and O–H groups in total. The third kappa shape index (κ3) is 10.3. The molecule has 0 heterocycles. The molecule has 0 radical (unpaired) electrons. The first-order chi connectivity index (χ1) is 19.1. The van der Waals surface area contributed by atoms with Gasteiger partial charge < -0.3 is 9.47 Å². The Balaban J connectivity index is 1.68. The Labute approximate surface area is 233 Å². The highest BCUT2D eigenvalue weighted by molar-refractivity contribution is 5.87. The van der Waals surface area contributed by atoms with E-state index in [2.05, 4.69) is 13.2 Å². The average molecular weight is 561 g/mol. The van der Waals surface area contributed by atoms with Crippen molar-refractivity contribution in [3.05, 3.63) is 109 Å². The molecule has 2 aromatic carbocycles. The number of benzene rings is 2. The van der Waals surface area contributed by atoms with Crippen LogP contribution in [0.4, 0.5) is 17.6 Å². The molecule has 0 aliphatic carbocycles. The van der Waals surface area contributed by atoms with Gasteiger partial charge in [-0.25, -0.2) is 0 Å². The van der Waals surface area contributed by atoms with Gasteiger partial charge in [0, 0.05) is 12.8 Å². The van der Waals surface area contributed by atoms with Crippen LogP contribution < -0.4 is 0 Å². The second-order valence-electron chi connectivity index (χ2n) is 9.25. The van der Waals surface area contributed by atoms with Gasteiger partial charge in [0.05, 0.1) is 13.2 Å². The second kappa shape index (κ2) is 16.7. The monoisotopic (exact) mass is 560 g/mol. The quantitative estimate of drug-likeness (QED) is 0.0941. The molecule has 2 atom stereocenters. The number of halogens is 4. The number of hydrogen-bond acceptors (Lipinski definition) is 4. The maximum Gasteiger partial charge on any atom is 0.334 e. The normalized spacial score (nSPS) is 13.6. The summed E-state index contributed by atoms with van der Waals surface area (Å²) in [7, 11) is 0. The lowest BCUT2D eigenvalue weighted by atomic mass is 10.0. The highest BCUT2D eigenvalue weighted by atomic mass is 19.3. The van der Waals surface area contributed by atoms with Gasteiger partial charge in [-0.05, 0) is 36.8 Å². The predicted octanol–water partition coefficient (Wildman–Crippen LogP) is 7.83. The summed E-state index contributed by atoms with van der Waals surface area (Å²) in [5, 5.41) is 0. The van der Waals surface area contributed by atoms with E-state index in [1.54, 1.807) is 72.8 Å². The maximum atomic E-state index is 14.6. The highest BCUT2D eigenvalue weighted by Gasteiger charge is 2.46. The molecule has 0 saturated heterocycles. The van der Waals surface area contributed by atoms with Crippen LogP contribution in [-0.4, -0.2) is 35.6 Å². The van der Waals surface area contributed by atoms with Crippen LogP contribution in [0.2, 0.25) is 0 Å². The van der Waals surface area contributed by atoms with Crippen molar-refractivity contribution in [2.75, 3.05) is 0 Å². The molecular formula is C32H36F4O4. The number of carbonyl (C=O) groups excluding carboxylic acids is 2. The molecule has 2 rings (SSSR count). The first kappa shape index (κ1) is 32.8. The van der Waals surface area contributed by atoms with Crippen molar-refractivity contribution < 1.29 is 36.6 Å². The standard InChI is InChI=1S/C32H36F4O4/c1-3-29(39-23-25-17-11-9-12-18-25)31(33,34)27(37)21-15-7-5-6-8-16-22-28(38)32(35,36)30(4-2)40-24-26-19-13-10-14-20-26/h3-6,9-14,17-20,29-30H,1-2,7-8,15-16,21-24H2/b6-5+. The van der Waals surface area contributed by atoms with Crippen molar-refractivity contribution in [3.8, 4) is 0 Å². The van der Waals surface area contributed by atoms with Crippen LogP contribution in [0.15, 0.2) is 98.1 Å². The zero-order valence-electron chi connectivity index (χ0n) is 22.5. The second-order valence-corrected chi connectivity index (χ2v) is 9.25. The minimum atomic E-state index is -3.71. The summed E-state index contributed by atoms with van der Waals surface area (Å²) in [5.41, 5.74) is 1.40. The predicted molar refractivity (Wildman–Crippen MR) is 147 cm³/mol. The van der Waals surface area contributed by atoms with Crippen molar-refractivity contribution in [1.29, 1.82) is 0 Å². The van der Waals surface area contributed by atoms with Gasteiger partial charge in [0.15, 0.2) is 0 Å². The van der Waals surface area contributed by atoms with E-state index in [9.17, 15) is 27.2 Å². The van der Waals surface area contributed by atoms with Crippen LogP contribution >= 0.6 is 0 Å². The van der Waals surface area contributed by atoms with E-state index in [1.807, 2.05) is 0 Å². The number of hydrogen-bond donors (Lipinski definition) is 0. The summed E-state index contributed by atoms with van der Waals surface area (Å²) >= 11 is 0.